The Morgan fingerprint density at radius 2 is 1.69 bits per heavy atom. The Morgan fingerprint density at radius 3 is 2.06 bits per heavy atom. The summed E-state index contributed by atoms with van der Waals surface area (Å²) < 4.78 is 23.3. The van der Waals surface area contributed by atoms with Crippen LogP contribution < -0.4 is 5.14 Å². The molecule has 0 aromatic heterocycles. The molecule has 0 amide bonds. The zero-order valence-electron chi connectivity index (χ0n) is 9.63. The molecule has 0 saturated heterocycles. The molecule has 0 heterocycles. The van der Waals surface area contributed by atoms with Crippen LogP contribution in [-0.2, 0) is 10.0 Å². The predicted molar refractivity (Wildman–Crippen MR) is 65.2 cm³/mol. The maximum atomic E-state index is 11.6. The quantitative estimate of drug-likeness (QED) is 0.847. The van der Waals surface area contributed by atoms with Crippen molar-refractivity contribution < 1.29 is 8.42 Å². The molecule has 0 aliphatic carbocycles. The molecule has 0 aliphatic rings. The van der Waals surface area contributed by atoms with Crippen molar-refractivity contribution in [2.45, 2.75) is 19.2 Å². The summed E-state index contributed by atoms with van der Waals surface area (Å²) in [5.74, 6) is 0. The van der Waals surface area contributed by atoms with Crippen LogP contribution in [0.25, 0.3) is 0 Å². The zero-order valence-corrected chi connectivity index (χ0v) is 10.4. The molecule has 1 rings (SSSR count). The van der Waals surface area contributed by atoms with E-state index in [0.29, 0.717) is 18.7 Å². The average Bonchev–Trinajstić information content (AvgIpc) is 2.25. The van der Waals surface area contributed by atoms with Gasteiger partial charge in [-0.2, -0.15) is 0 Å². The summed E-state index contributed by atoms with van der Waals surface area (Å²) in [4.78, 5) is 1.82. The van der Waals surface area contributed by atoms with Crippen molar-refractivity contribution in [1.82, 2.24) is 4.90 Å². The van der Waals surface area contributed by atoms with Crippen molar-refractivity contribution in [3.05, 3.63) is 35.9 Å². The number of benzene rings is 1. The molecule has 0 saturated carbocycles. The first-order valence-electron chi connectivity index (χ1n) is 5.31. The van der Waals surface area contributed by atoms with E-state index < -0.39 is 15.4 Å². The lowest BCUT2D eigenvalue weighted by Gasteiger charge is -2.27. The van der Waals surface area contributed by atoms with E-state index in [9.17, 15) is 8.42 Å². The topological polar surface area (TPSA) is 63.4 Å². The lowest BCUT2D eigenvalue weighted by molar-refractivity contribution is 0.276. The van der Waals surface area contributed by atoms with Gasteiger partial charge in [0.05, 0.1) is 0 Å². The Hall–Kier alpha value is -0.910. The van der Waals surface area contributed by atoms with Crippen LogP contribution in [0, 0.1) is 0 Å². The zero-order chi connectivity index (χ0) is 12.2. The predicted octanol–water partition coefficient (Wildman–Crippen LogP) is 1.32. The first kappa shape index (κ1) is 13.2. The maximum absolute atomic E-state index is 11.6. The highest BCUT2D eigenvalue weighted by molar-refractivity contribution is 7.89. The second kappa shape index (κ2) is 5.43. The number of sulfonamides is 1. The molecule has 0 radical (unpaired) electrons. The monoisotopic (exact) mass is 242 g/mol. The van der Waals surface area contributed by atoms with E-state index in [2.05, 4.69) is 0 Å². The van der Waals surface area contributed by atoms with Crippen LogP contribution in [0.1, 0.15) is 24.8 Å². The van der Waals surface area contributed by atoms with Crippen molar-refractivity contribution in [3.8, 4) is 0 Å². The van der Waals surface area contributed by atoms with Gasteiger partial charge in [0.2, 0.25) is 10.0 Å². The lowest BCUT2D eigenvalue weighted by Crippen LogP contribution is -2.37. The van der Waals surface area contributed by atoms with E-state index in [1.54, 1.807) is 12.1 Å². The van der Waals surface area contributed by atoms with E-state index in [4.69, 9.17) is 5.14 Å². The maximum Gasteiger partial charge on any atom is 0.229 e. The minimum atomic E-state index is -3.62. The normalized spacial score (nSPS) is 14.0. The number of nitrogens with zero attached hydrogens (tertiary/aromatic N) is 1. The SMILES string of the molecule is CCN(CC)C(c1ccccc1)S(N)(=O)=O. The third kappa shape index (κ3) is 3.04. The third-order valence-corrected chi connectivity index (χ3v) is 3.73. The fourth-order valence-corrected chi connectivity index (χ4v) is 3.03. The van der Waals surface area contributed by atoms with Gasteiger partial charge in [-0.05, 0) is 18.7 Å². The van der Waals surface area contributed by atoms with Crippen molar-refractivity contribution in [2.75, 3.05) is 13.1 Å². The molecule has 1 aromatic rings. The van der Waals surface area contributed by atoms with Gasteiger partial charge in [-0.15, -0.1) is 0 Å². The first-order chi connectivity index (χ1) is 7.50. The highest BCUT2D eigenvalue weighted by Gasteiger charge is 2.28. The minimum Gasteiger partial charge on any atom is -0.283 e. The molecule has 1 unspecified atom stereocenters. The molecule has 16 heavy (non-hydrogen) atoms. The molecule has 4 nitrogen and oxygen atoms in total. The molecular formula is C11H18N2O2S. The van der Waals surface area contributed by atoms with Gasteiger partial charge in [-0.3, -0.25) is 4.90 Å². The summed E-state index contributed by atoms with van der Waals surface area (Å²) in [5, 5.41) is 4.55. The Morgan fingerprint density at radius 1 is 1.19 bits per heavy atom. The van der Waals surface area contributed by atoms with E-state index in [1.165, 1.54) is 0 Å². The van der Waals surface area contributed by atoms with Crippen LogP contribution in [0.15, 0.2) is 30.3 Å². The highest BCUT2D eigenvalue weighted by Crippen LogP contribution is 2.23. The number of nitrogens with two attached hydrogens (primary N) is 1. The van der Waals surface area contributed by atoms with Crippen LogP contribution in [0.3, 0.4) is 0 Å². The van der Waals surface area contributed by atoms with Crippen LogP contribution in [-0.4, -0.2) is 26.4 Å². The molecule has 1 aromatic carbocycles. The summed E-state index contributed by atoms with van der Waals surface area (Å²) in [5.41, 5.74) is 0.716. The molecule has 0 bridgehead atoms. The van der Waals surface area contributed by atoms with E-state index in [1.807, 2.05) is 36.9 Å². The second-order valence-electron chi connectivity index (χ2n) is 3.57. The highest BCUT2D eigenvalue weighted by atomic mass is 32.2. The molecule has 90 valence electrons. The van der Waals surface area contributed by atoms with E-state index in [0.717, 1.165) is 0 Å². The van der Waals surface area contributed by atoms with Gasteiger partial charge in [0.15, 0.2) is 5.37 Å². The van der Waals surface area contributed by atoms with Gasteiger partial charge in [-0.1, -0.05) is 44.2 Å². The number of rotatable bonds is 5. The van der Waals surface area contributed by atoms with E-state index in [-0.39, 0.29) is 0 Å². The van der Waals surface area contributed by atoms with Gasteiger partial charge in [0, 0.05) is 0 Å². The Kier molecular flexibility index (Phi) is 4.46. The van der Waals surface area contributed by atoms with Crippen molar-refractivity contribution in [1.29, 1.82) is 0 Å². The fourth-order valence-electron chi connectivity index (χ4n) is 1.78. The van der Waals surface area contributed by atoms with Gasteiger partial charge in [-0.25, -0.2) is 13.6 Å². The molecule has 1 atom stereocenters. The van der Waals surface area contributed by atoms with Crippen LogP contribution >= 0.6 is 0 Å². The number of primary sulfonamides is 1. The van der Waals surface area contributed by atoms with Gasteiger partial charge < -0.3 is 0 Å². The standard InChI is InChI=1S/C11H18N2O2S/c1-3-13(4-2)11(16(12,14)15)10-8-6-5-7-9-10/h5-9,11H,3-4H2,1-2H3,(H2,12,14,15). The first-order valence-corrected chi connectivity index (χ1v) is 6.92. The molecule has 2 N–H and O–H groups in total. The summed E-state index contributed by atoms with van der Waals surface area (Å²) >= 11 is 0. The Bertz CT molecular complexity index is 413. The Balaban J connectivity index is 3.17. The summed E-state index contributed by atoms with van der Waals surface area (Å²) in [6.07, 6.45) is 0. The van der Waals surface area contributed by atoms with Gasteiger partial charge >= 0.3 is 0 Å². The Labute approximate surface area is 97.1 Å². The smallest absolute Gasteiger partial charge is 0.229 e. The lowest BCUT2D eigenvalue weighted by atomic mass is 10.2. The molecular weight excluding hydrogens is 224 g/mol. The third-order valence-electron chi connectivity index (χ3n) is 2.54. The average molecular weight is 242 g/mol. The van der Waals surface area contributed by atoms with Crippen LogP contribution in [0.4, 0.5) is 0 Å². The van der Waals surface area contributed by atoms with Gasteiger partial charge in [0.25, 0.3) is 0 Å². The summed E-state index contributed by atoms with van der Waals surface area (Å²) in [6.45, 7) is 5.13. The summed E-state index contributed by atoms with van der Waals surface area (Å²) in [6, 6.07) is 9.06. The van der Waals surface area contributed by atoms with Crippen LogP contribution in [0.2, 0.25) is 0 Å². The van der Waals surface area contributed by atoms with E-state index >= 15 is 0 Å². The fraction of sp³-hybridized carbons (Fsp3) is 0.455. The number of hydrogen-bond acceptors (Lipinski definition) is 3. The van der Waals surface area contributed by atoms with Crippen LogP contribution in [0.5, 0.6) is 0 Å². The molecule has 0 spiro atoms. The second-order valence-corrected chi connectivity index (χ2v) is 5.20. The summed E-state index contributed by atoms with van der Waals surface area (Å²) in [7, 11) is -3.62. The molecule has 0 aliphatic heterocycles. The van der Waals surface area contributed by atoms with Crippen molar-refractivity contribution >= 4 is 10.0 Å². The number of hydrogen-bond donors (Lipinski definition) is 1. The molecule has 0 fully saturated rings. The minimum absolute atomic E-state index is 0.645. The van der Waals surface area contributed by atoms with Crippen molar-refractivity contribution in [2.24, 2.45) is 5.14 Å². The largest absolute Gasteiger partial charge is 0.283 e. The van der Waals surface area contributed by atoms with Crippen molar-refractivity contribution in [3.63, 3.8) is 0 Å². The molecule has 5 heteroatoms. The van der Waals surface area contributed by atoms with Gasteiger partial charge in [0.1, 0.15) is 0 Å².